The Balaban J connectivity index is 2.90. The lowest BCUT2D eigenvalue weighted by atomic mass is 10.6. The smallest absolute Gasteiger partial charge is 0.189 e. The van der Waals surface area contributed by atoms with Crippen molar-refractivity contribution in [3.05, 3.63) is 12.4 Å². The number of hydrogen-bond acceptors (Lipinski definition) is 2. The van der Waals surface area contributed by atoms with Crippen molar-refractivity contribution in [2.45, 2.75) is 13.0 Å². The van der Waals surface area contributed by atoms with E-state index in [1.54, 1.807) is 0 Å². The maximum absolute atomic E-state index is 12.1. The van der Waals surface area contributed by atoms with Gasteiger partial charge in [-0.2, -0.15) is 13.5 Å². The first kappa shape index (κ1) is 6.12. The molecule has 3 nitrogen and oxygen atoms in total. The molecule has 0 saturated heterocycles. The van der Waals surface area contributed by atoms with Crippen LogP contribution in [0.1, 0.15) is 6.92 Å². The molecule has 1 rings (SSSR count). The van der Waals surface area contributed by atoms with Crippen LogP contribution in [0.15, 0.2) is 12.4 Å². The van der Waals surface area contributed by atoms with E-state index in [9.17, 15) is 8.78 Å². The van der Waals surface area contributed by atoms with E-state index in [1.165, 1.54) is 6.20 Å². The van der Waals surface area contributed by atoms with Crippen LogP contribution in [-0.2, 0) is 6.05 Å². The molecular formula is C4H5F2N3. The van der Waals surface area contributed by atoms with Gasteiger partial charge in [-0.25, -0.2) is 0 Å². The first-order valence-corrected chi connectivity index (χ1v) is 2.35. The number of nitrogens with zero attached hydrogens (tertiary/aromatic N) is 3. The van der Waals surface area contributed by atoms with Gasteiger partial charge in [0, 0.05) is 6.92 Å². The molecule has 0 aliphatic carbocycles. The van der Waals surface area contributed by atoms with Crippen LogP contribution in [0.25, 0.3) is 0 Å². The summed E-state index contributed by atoms with van der Waals surface area (Å²) in [5.41, 5.74) is 0. The Kier molecular flexibility index (Phi) is 1.19. The quantitative estimate of drug-likeness (QED) is 0.568. The second kappa shape index (κ2) is 1.75. The molecule has 1 aromatic rings. The zero-order valence-electron chi connectivity index (χ0n) is 4.75. The van der Waals surface area contributed by atoms with Gasteiger partial charge in [-0.15, -0.1) is 5.10 Å². The number of halogens is 2. The van der Waals surface area contributed by atoms with Crippen LogP contribution in [0.2, 0.25) is 0 Å². The van der Waals surface area contributed by atoms with Crippen molar-refractivity contribution in [2.75, 3.05) is 0 Å². The van der Waals surface area contributed by atoms with Gasteiger partial charge in [-0.1, -0.05) is 5.21 Å². The van der Waals surface area contributed by atoms with Crippen molar-refractivity contribution in [3.8, 4) is 0 Å². The molecule has 0 bridgehead atoms. The molecular weight excluding hydrogens is 128 g/mol. The molecule has 50 valence electrons. The summed E-state index contributed by atoms with van der Waals surface area (Å²) in [5, 5.41) is 6.33. The number of hydrogen-bond donors (Lipinski definition) is 0. The first-order valence-electron chi connectivity index (χ1n) is 2.35. The lowest BCUT2D eigenvalue weighted by Gasteiger charge is -2.07. The van der Waals surface area contributed by atoms with Crippen LogP contribution in [-0.4, -0.2) is 15.0 Å². The molecule has 0 radical (unpaired) electrons. The minimum Gasteiger partial charge on any atom is -0.189 e. The molecule has 0 saturated carbocycles. The normalized spacial score (nSPS) is 11.9. The fraction of sp³-hybridized carbons (Fsp3) is 0.500. The summed E-state index contributed by atoms with van der Waals surface area (Å²) in [5.74, 6) is 0. The van der Waals surface area contributed by atoms with E-state index in [4.69, 9.17) is 0 Å². The fourth-order valence-corrected chi connectivity index (χ4v) is 0.418. The highest BCUT2D eigenvalue weighted by Gasteiger charge is 2.23. The summed E-state index contributed by atoms with van der Waals surface area (Å²) in [4.78, 5) is 0. The van der Waals surface area contributed by atoms with Crippen LogP contribution in [0, 0.1) is 0 Å². The van der Waals surface area contributed by atoms with Gasteiger partial charge in [0.25, 0.3) is 0 Å². The molecule has 1 heterocycles. The Morgan fingerprint density at radius 3 is 2.44 bits per heavy atom. The van der Waals surface area contributed by atoms with Gasteiger partial charge >= 0.3 is 6.05 Å². The van der Waals surface area contributed by atoms with Gasteiger partial charge in [0.15, 0.2) is 0 Å². The highest BCUT2D eigenvalue weighted by Crippen LogP contribution is 2.15. The number of rotatable bonds is 1. The topological polar surface area (TPSA) is 30.7 Å². The Labute approximate surface area is 50.3 Å². The maximum atomic E-state index is 12.1. The van der Waals surface area contributed by atoms with Crippen molar-refractivity contribution in [1.82, 2.24) is 15.0 Å². The average Bonchev–Trinajstić information content (AvgIpc) is 2.08. The zero-order valence-corrected chi connectivity index (χ0v) is 4.75. The summed E-state index contributed by atoms with van der Waals surface area (Å²) >= 11 is 0. The molecule has 0 N–H and O–H groups in total. The minimum atomic E-state index is -2.93. The van der Waals surface area contributed by atoms with Gasteiger partial charge < -0.3 is 0 Å². The molecule has 0 unspecified atom stereocenters. The summed E-state index contributed by atoms with van der Waals surface area (Å²) in [6.45, 7) is 0.752. The Morgan fingerprint density at radius 2 is 2.22 bits per heavy atom. The summed E-state index contributed by atoms with van der Waals surface area (Å²) in [6.07, 6.45) is 2.32. The summed E-state index contributed by atoms with van der Waals surface area (Å²) < 4.78 is 24.8. The third-order valence-corrected chi connectivity index (χ3v) is 0.825. The van der Waals surface area contributed by atoms with Crippen molar-refractivity contribution in [1.29, 1.82) is 0 Å². The third kappa shape index (κ3) is 1.22. The molecule has 9 heavy (non-hydrogen) atoms. The van der Waals surface area contributed by atoms with Crippen molar-refractivity contribution < 1.29 is 8.78 Å². The number of aromatic nitrogens is 3. The SMILES string of the molecule is CC(F)(F)n1ccnn1. The standard InChI is InChI=1S/C4H5F2N3/c1-4(5,6)9-3-2-7-8-9/h2-3H,1H3. The van der Waals surface area contributed by atoms with Crippen LogP contribution in [0.4, 0.5) is 8.78 Å². The fourth-order valence-electron chi connectivity index (χ4n) is 0.418. The first-order chi connectivity index (χ1) is 4.11. The molecule has 5 heteroatoms. The van der Waals surface area contributed by atoms with Crippen LogP contribution < -0.4 is 0 Å². The van der Waals surface area contributed by atoms with E-state index >= 15 is 0 Å². The van der Waals surface area contributed by atoms with E-state index in [0.717, 1.165) is 13.1 Å². The lowest BCUT2D eigenvalue weighted by Crippen LogP contribution is -2.18. The van der Waals surface area contributed by atoms with Crippen molar-refractivity contribution >= 4 is 0 Å². The van der Waals surface area contributed by atoms with Gasteiger partial charge in [-0.3, -0.25) is 0 Å². The molecule has 0 aromatic carbocycles. The molecule has 0 amide bonds. The van der Waals surface area contributed by atoms with Gasteiger partial charge in [0.05, 0.1) is 12.4 Å². The molecule has 0 spiro atoms. The third-order valence-electron chi connectivity index (χ3n) is 0.825. The molecule has 0 aliphatic heterocycles. The highest BCUT2D eigenvalue weighted by molar-refractivity contribution is 4.67. The van der Waals surface area contributed by atoms with Crippen LogP contribution in [0.5, 0.6) is 0 Å². The summed E-state index contributed by atoms with van der Waals surface area (Å²) in [7, 11) is 0. The molecule has 0 fully saturated rings. The maximum Gasteiger partial charge on any atom is 0.342 e. The summed E-state index contributed by atoms with van der Waals surface area (Å²) in [6, 6.07) is -2.93. The van der Waals surface area contributed by atoms with Gasteiger partial charge in [-0.05, 0) is 0 Å². The van der Waals surface area contributed by atoms with Crippen LogP contribution >= 0.6 is 0 Å². The van der Waals surface area contributed by atoms with E-state index in [2.05, 4.69) is 10.3 Å². The Hall–Kier alpha value is -1.00. The van der Waals surface area contributed by atoms with Crippen LogP contribution in [0.3, 0.4) is 0 Å². The molecule has 1 aromatic heterocycles. The highest BCUT2D eigenvalue weighted by atomic mass is 19.3. The molecule has 0 aliphatic rings. The zero-order chi connectivity index (χ0) is 6.91. The largest absolute Gasteiger partial charge is 0.342 e. The minimum absolute atomic E-state index is 0.493. The van der Waals surface area contributed by atoms with E-state index in [1.807, 2.05) is 0 Å². The second-order valence-corrected chi connectivity index (χ2v) is 1.69. The Bertz CT molecular complexity index is 176. The molecule has 0 atom stereocenters. The predicted octanol–water partition coefficient (Wildman–Crippen LogP) is 0.847. The Morgan fingerprint density at radius 1 is 1.56 bits per heavy atom. The van der Waals surface area contributed by atoms with Gasteiger partial charge in [0.2, 0.25) is 0 Å². The average molecular weight is 133 g/mol. The van der Waals surface area contributed by atoms with Crippen molar-refractivity contribution in [2.24, 2.45) is 0 Å². The van der Waals surface area contributed by atoms with Crippen molar-refractivity contribution in [3.63, 3.8) is 0 Å². The monoisotopic (exact) mass is 133 g/mol. The van der Waals surface area contributed by atoms with E-state index in [-0.39, 0.29) is 0 Å². The lowest BCUT2D eigenvalue weighted by molar-refractivity contribution is -0.0737. The number of alkyl halides is 2. The predicted molar refractivity (Wildman–Crippen MR) is 25.9 cm³/mol. The van der Waals surface area contributed by atoms with E-state index in [0.29, 0.717) is 4.68 Å². The second-order valence-electron chi connectivity index (χ2n) is 1.69. The van der Waals surface area contributed by atoms with E-state index < -0.39 is 6.05 Å². The van der Waals surface area contributed by atoms with Gasteiger partial charge in [0.1, 0.15) is 0 Å².